The first-order valence-corrected chi connectivity index (χ1v) is 14.0. The largest absolute Gasteiger partial charge is 0.465 e. The Morgan fingerprint density at radius 3 is 2.45 bits per heavy atom. The van der Waals surface area contributed by atoms with Crippen LogP contribution in [0.3, 0.4) is 0 Å². The molecule has 0 fully saturated rings. The van der Waals surface area contributed by atoms with E-state index in [0.717, 1.165) is 47.9 Å². The van der Waals surface area contributed by atoms with Crippen LogP contribution in [0.5, 0.6) is 0 Å². The molecular formula is C28H37O4P. The molecule has 3 atom stereocenters. The summed E-state index contributed by atoms with van der Waals surface area (Å²) < 4.78 is 19.6. The van der Waals surface area contributed by atoms with Gasteiger partial charge >= 0.3 is 5.97 Å². The van der Waals surface area contributed by atoms with E-state index >= 15 is 0 Å². The molecule has 0 aliphatic heterocycles. The first-order chi connectivity index (χ1) is 15.8. The number of hydrogen-bond acceptors (Lipinski definition) is 3. The molecule has 0 aromatic heterocycles. The highest BCUT2D eigenvalue weighted by atomic mass is 31.2. The SMILES string of the molecule is CCCCCC1(P(=O)(O)Cc2ccccc2)C=C(C(C)C(=O)OCCC)c2ccccc2C1. The number of unbranched alkanes of at least 4 members (excludes halogenated alkanes) is 2. The topological polar surface area (TPSA) is 63.6 Å². The lowest BCUT2D eigenvalue weighted by molar-refractivity contribution is -0.145. The van der Waals surface area contributed by atoms with Crippen LogP contribution in [0.2, 0.25) is 0 Å². The molecule has 5 heteroatoms. The van der Waals surface area contributed by atoms with Crippen LogP contribution in [0.4, 0.5) is 0 Å². The van der Waals surface area contributed by atoms with Crippen molar-refractivity contribution in [2.75, 3.05) is 6.61 Å². The van der Waals surface area contributed by atoms with Crippen molar-refractivity contribution in [3.8, 4) is 0 Å². The average molecular weight is 469 g/mol. The van der Waals surface area contributed by atoms with Gasteiger partial charge in [-0.1, -0.05) is 93.8 Å². The Kier molecular flexibility index (Phi) is 8.73. The Labute approximate surface area is 198 Å². The van der Waals surface area contributed by atoms with Crippen molar-refractivity contribution in [2.24, 2.45) is 5.92 Å². The number of esters is 1. The minimum atomic E-state index is -3.67. The van der Waals surface area contributed by atoms with Gasteiger partial charge in [0.2, 0.25) is 7.37 Å². The van der Waals surface area contributed by atoms with E-state index < -0.39 is 18.4 Å². The predicted molar refractivity (Wildman–Crippen MR) is 135 cm³/mol. The zero-order valence-corrected chi connectivity index (χ0v) is 21.0. The van der Waals surface area contributed by atoms with Crippen molar-refractivity contribution < 1.29 is 19.0 Å². The van der Waals surface area contributed by atoms with E-state index in [1.54, 1.807) is 0 Å². The van der Waals surface area contributed by atoms with Gasteiger partial charge in [-0.3, -0.25) is 9.36 Å². The molecule has 1 aliphatic rings. The van der Waals surface area contributed by atoms with Gasteiger partial charge in [-0.25, -0.2) is 0 Å². The quantitative estimate of drug-likeness (QED) is 0.219. The standard InChI is InChI=1S/C28H37O4P/c1-4-6-12-17-28(33(30,31)21-23-13-8-7-9-14-23)19-24-15-10-11-16-25(24)26(20-28)22(3)27(29)32-18-5-2/h7-11,13-16,20,22H,4-6,12,17-19,21H2,1-3H3,(H,30,31). The molecule has 178 valence electrons. The number of hydrogen-bond donors (Lipinski definition) is 1. The highest BCUT2D eigenvalue weighted by Crippen LogP contribution is 2.63. The summed E-state index contributed by atoms with van der Waals surface area (Å²) in [5.41, 5.74) is 3.70. The second-order valence-electron chi connectivity index (χ2n) is 9.23. The Morgan fingerprint density at radius 2 is 1.76 bits per heavy atom. The summed E-state index contributed by atoms with van der Waals surface area (Å²) in [5, 5.41) is -0.902. The molecule has 1 N–H and O–H groups in total. The fourth-order valence-electron chi connectivity index (χ4n) is 4.75. The summed E-state index contributed by atoms with van der Waals surface area (Å²) in [7, 11) is -3.67. The van der Waals surface area contributed by atoms with E-state index in [1.807, 2.05) is 74.5 Å². The van der Waals surface area contributed by atoms with Gasteiger partial charge < -0.3 is 9.63 Å². The zero-order chi connectivity index (χ0) is 23.9. The minimum absolute atomic E-state index is 0.126. The lowest BCUT2D eigenvalue weighted by Gasteiger charge is -2.40. The number of carbonyl (C=O) groups excluding carboxylic acids is 1. The van der Waals surface area contributed by atoms with Crippen molar-refractivity contribution in [3.05, 3.63) is 77.4 Å². The summed E-state index contributed by atoms with van der Waals surface area (Å²) in [4.78, 5) is 24.5. The van der Waals surface area contributed by atoms with Crippen molar-refractivity contribution in [1.29, 1.82) is 0 Å². The predicted octanol–water partition coefficient (Wildman–Crippen LogP) is 7.01. The summed E-state index contributed by atoms with van der Waals surface area (Å²) in [6, 6.07) is 17.5. The molecule has 0 saturated heterocycles. The van der Waals surface area contributed by atoms with Gasteiger partial charge in [-0.05, 0) is 48.4 Å². The normalized spacial score (nSPS) is 20.3. The molecule has 4 nitrogen and oxygen atoms in total. The first-order valence-electron chi connectivity index (χ1n) is 12.2. The Hall–Kier alpha value is -2.16. The summed E-state index contributed by atoms with van der Waals surface area (Å²) >= 11 is 0. The number of fused-ring (bicyclic) bond motifs is 1. The average Bonchev–Trinajstić information content (AvgIpc) is 2.82. The van der Waals surface area contributed by atoms with Gasteiger partial charge in [0.05, 0.1) is 23.8 Å². The maximum atomic E-state index is 14.2. The second kappa shape index (κ2) is 11.3. The highest BCUT2D eigenvalue weighted by Gasteiger charge is 2.48. The Balaban J connectivity index is 2.09. The van der Waals surface area contributed by atoms with Crippen LogP contribution >= 0.6 is 7.37 Å². The van der Waals surface area contributed by atoms with Crippen LogP contribution in [0.25, 0.3) is 5.57 Å². The number of ether oxygens (including phenoxy) is 1. The van der Waals surface area contributed by atoms with Crippen LogP contribution in [0.15, 0.2) is 60.7 Å². The molecule has 2 aromatic rings. The third kappa shape index (κ3) is 5.86. The van der Waals surface area contributed by atoms with E-state index in [9.17, 15) is 14.3 Å². The summed E-state index contributed by atoms with van der Waals surface area (Å²) in [6.07, 6.45) is 6.91. The third-order valence-corrected chi connectivity index (χ3v) is 9.36. The lowest BCUT2D eigenvalue weighted by Crippen LogP contribution is -2.35. The smallest absolute Gasteiger partial charge is 0.313 e. The maximum absolute atomic E-state index is 14.2. The maximum Gasteiger partial charge on any atom is 0.313 e. The van der Waals surface area contributed by atoms with E-state index in [2.05, 4.69) is 6.92 Å². The number of rotatable bonds is 11. The molecule has 3 unspecified atom stereocenters. The fraction of sp³-hybridized carbons (Fsp3) is 0.464. The molecular weight excluding hydrogens is 431 g/mol. The van der Waals surface area contributed by atoms with Crippen LogP contribution in [0.1, 0.15) is 69.6 Å². The molecule has 0 heterocycles. The number of carbonyl (C=O) groups is 1. The molecule has 3 rings (SSSR count). The second-order valence-corrected chi connectivity index (χ2v) is 11.8. The highest BCUT2D eigenvalue weighted by molar-refractivity contribution is 7.59. The van der Waals surface area contributed by atoms with E-state index in [1.165, 1.54) is 0 Å². The van der Waals surface area contributed by atoms with Gasteiger partial charge in [0.1, 0.15) is 0 Å². The summed E-state index contributed by atoms with van der Waals surface area (Å²) in [6.45, 7) is 6.34. The lowest BCUT2D eigenvalue weighted by atomic mass is 9.78. The monoisotopic (exact) mass is 468 g/mol. The molecule has 33 heavy (non-hydrogen) atoms. The fourth-order valence-corrected chi connectivity index (χ4v) is 7.03. The van der Waals surface area contributed by atoms with Gasteiger partial charge in [0, 0.05) is 0 Å². The Bertz CT molecular complexity index is 1010. The van der Waals surface area contributed by atoms with Crippen molar-refractivity contribution in [2.45, 2.75) is 70.6 Å². The van der Waals surface area contributed by atoms with Gasteiger partial charge in [0.15, 0.2) is 0 Å². The molecule has 0 amide bonds. The van der Waals surface area contributed by atoms with Gasteiger partial charge in [-0.15, -0.1) is 0 Å². The first kappa shape index (κ1) is 25.5. The van der Waals surface area contributed by atoms with Gasteiger partial charge in [-0.2, -0.15) is 0 Å². The van der Waals surface area contributed by atoms with Crippen LogP contribution < -0.4 is 0 Å². The van der Waals surface area contributed by atoms with Crippen LogP contribution in [-0.4, -0.2) is 22.6 Å². The molecule has 0 radical (unpaired) electrons. The van der Waals surface area contributed by atoms with Crippen molar-refractivity contribution >= 4 is 18.9 Å². The third-order valence-electron chi connectivity index (χ3n) is 6.67. The van der Waals surface area contributed by atoms with E-state index in [-0.39, 0.29) is 12.1 Å². The molecule has 1 aliphatic carbocycles. The molecule has 0 saturated carbocycles. The Morgan fingerprint density at radius 1 is 1.06 bits per heavy atom. The molecule has 0 spiro atoms. The van der Waals surface area contributed by atoms with Gasteiger partial charge in [0.25, 0.3) is 0 Å². The van der Waals surface area contributed by atoms with Crippen molar-refractivity contribution in [1.82, 2.24) is 0 Å². The van der Waals surface area contributed by atoms with E-state index in [0.29, 0.717) is 19.4 Å². The van der Waals surface area contributed by atoms with Crippen molar-refractivity contribution in [3.63, 3.8) is 0 Å². The van der Waals surface area contributed by atoms with Crippen LogP contribution in [-0.2, 0) is 26.7 Å². The summed E-state index contributed by atoms with van der Waals surface area (Å²) in [5.74, 6) is -0.779. The number of benzene rings is 2. The van der Waals surface area contributed by atoms with Crippen LogP contribution in [0, 0.1) is 5.92 Å². The zero-order valence-electron chi connectivity index (χ0n) is 20.1. The van der Waals surface area contributed by atoms with E-state index in [4.69, 9.17) is 4.74 Å². The molecule has 0 bridgehead atoms. The number of allylic oxidation sites excluding steroid dienone is 1. The minimum Gasteiger partial charge on any atom is -0.465 e. The molecule has 2 aromatic carbocycles.